The molecule has 4 aromatic rings. The molecule has 0 atom stereocenters. The highest BCUT2D eigenvalue weighted by Crippen LogP contribution is 2.37. The summed E-state index contributed by atoms with van der Waals surface area (Å²) in [6.45, 7) is 4.87. The normalized spacial score (nSPS) is 10.8. The molecule has 2 amide bonds. The van der Waals surface area contributed by atoms with Crippen molar-refractivity contribution in [3.63, 3.8) is 0 Å². The Balaban J connectivity index is 1.58. The number of nitrogens with two attached hydrogens (primary N) is 1. The van der Waals surface area contributed by atoms with Gasteiger partial charge in [-0.05, 0) is 50.2 Å². The van der Waals surface area contributed by atoms with E-state index in [1.807, 2.05) is 73.7 Å². The number of carbonyl (C=O) groups excluding carboxylic acids is 1. The number of hydrogen-bond donors (Lipinski definition) is 3. The maximum absolute atomic E-state index is 12.3. The number of aryl methyl sites for hydroxylation is 2. The predicted octanol–water partition coefficient (Wildman–Crippen LogP) is 5.87. The summed E-state index contributed by atoms with van der Waals surface area (Å²) < 4.78 is 7.56. The Hall–Kier alpha value is -3.93. The van der Waals surface area contributed by atoms with Gasteiger partial charge in [0.05, 0.1) is 24.0 Å². The van der Waals surface area contributed by atoms with Gasteiger partial charge in [0.2, 0.25) is 0 Å². The van der Waals surface area contributed by atoms with Gasteiger partial charge in [-0.2, -0.15) is 0 Å². The Morgan fingerprint density at radius 1 is 0.968 bits per heavy atom. The van der Waals surface area contributed by atoms with E-state index >= 15 is 0 Å². The number of methoxy groups -OCH3 is 1. The van der Waals surface area contributed by atoms with E-state index in [2.05, 4.69) is 22.1 Å². The lowest BCUT2D eigenvalue weighted by Gasteiger charge is -2.11. The van der Waals surface area contributed by atoms with Crippen LogP contribution in [0.15, 0.2) is 66.7 Å². The minimum Gasteiger partial charge on any atom is -0.497 e. The van der Waals surface area contributed by atoms with Gasteiger partial charge in [-0.3, -0.25) is 0 Å². The highest BCUT2D eigenvalue weighted by Gasteiger charge is 2.16. The molecule has 0 spiro atoms. The van der Waals surface area contributed by atoms with E-state index in [4.69, 9.17) is 10.5 Å². The second-order valence-electron chi connectivity index (χ2n) is 7.41. The zero-order valence-electron chi connectivity index (χ0n) is 17.9. The van der Waals surface area contributed by atoms with E-state index in [1.165, 1.54) is 0 Å². The van der Waals surface area contributed by atoms with Gasteiger partial charge in [0, 0.05) is 34.9 Å². The van der Waals surface area contributed by atoms with Crippen molar-refractivity contribution in [2.45, 2.75) is 20.4 Å². The topological polar surface area (TPSA) is 81.3 Å². The molecular formula is C25H26N4O2. The fourth-order valence-electron chi connectivity index (χ4n) is 3.76. The molecule has 4 rings (SSSR count). The SMILES string of the molecule is CCn1c(-c2ccc(NC(=O)Nc3ccc(C)cc3)cc2)c(N)c2ccc(OC)cc21. The van der Waals surface area contributed by atoms with Crippen LogP contribution in [-0.2, 0) is 6.54 Å². The van der Waals surface area contributed by atoms with E-state index in [0.717, 1.165) is 51.4 Å². The number of urea groups is 1. The molecule has 1 aromatic heterocycles. The Bertz CT molecular complexity index is 1230. The number of nitrogens with zero attached hydrogens (tertiary/aromatic N) is 1. The van der Waals surface area contributed by atoms with Crippen LogP contribution in [0.5, 0.6) is 5.75 Å². The monoisotopic (exact) mass is 414 g/mol. The van der Waals surface area contributed by atoms with Gasteiger partial charge in [0.15, 0.2) is 0 Å². The molecule has 0 saturated carbocycles. The van der Waals surface area contributed by atoms with E-state index in [0.29, 0.717) is 5.69 Å². The minimum atomic E-state index is -0.286. The molecule has 0 fully saturated rings. The lowest BCUT2D eigenvalue weighted by atomic mass is 10.1. The molecule has 6 nitrogen and oxygen atoms in total. The smallest absolute Gasteiger partial charge is 0.323 e. The molecule has 0 unspecified atom stereocenters. The average Bonchev–Trinajstić information content (AvgIpc) is 3.06. The first-order chi connectivity index (χ1) is 15.0. The molecule has 0 radical (unpaired) electrons. The van der Waals surface area contributed by atoms with Crippen LogP contribution in [0.2, 0.25) is 0 Å². The van der Waals surface area contributed by atoms with Crippen molar-refractivity contribution in [3.05, 3.63) is 72.3 Å². The van der Waals surface area contributed by atoms with E-state index in [-0.39, 0.29) is 6.03 Å². The fraction of sp³-hybridized carbons (Fsp3) is 0.160. The van der Waals surface area contributed by atoms with Gasteiger partial charge in [0.25, 0.3) is 0 Å². The average molecular weight is 415 g/mol. The molecule has 4 N–H and O–H groups in total. The highest BCUT2D eigenvalue weighted by atomic mass is 16.5. The zero-order valence-corrected chi connectivity index (χ0v) is 17.9. The van der Waals surface area contributed by atoms with E-state index in [1.54, 1.807) is 7.11 Å². The predicted molar refractivity (Wildman–Crippen MR) is 128 cm³/mol. The highest BCUT2D eigenvalue weighted by molar-refractivity contribution is 6.02. The number of carbonyl (C=O) groups is 1. The van der Waals surface area contributed by atoms with Crippen molar-refractivity contribution >= 4 is 34.0 Å². The van der Waals surface area contributed by atoms with Crippen LogP contribution in [0.25, 0.3) is 22.2 Å². The molecule has 1 heterocycles. The first-order valence-corrected chi connectivity index (χ1v) is 10.2. The summed E-state index contributed by atoms with van der Waals surface area (Å²) in [6, 6.07) is 21.0. The van der Waals surface area contributed by atoms with Crippen LogP contribution in [0.3, 0.4) is 0 Å². The van der Waals surface area contributed by atoms with Crippen LogP contribution in [0, 0.1) is 6.92 Å². The lowest BCUT2D eigenvalue weighted by molar-refractivity contribution is 0.262. The summed E-state index contributed by atoms with van der Waals surface area (Å²) in [7, 11) is 1.66. The largest absolute Gasteiger partial charge is 0.497 e. The first kappa shape index (κ1) is 20.3. The van der Waals surface area contributed by atoms with Gasteiger partial charge in [-0.1, -0.05) is 29.8 Å². The zero-order chi connectivity index (χ0) is 22.0. The standard InChI is InChI=1S/C25H26N4O2/c1-4-29-22-15-20(31-3)13-14-21(22)23(26)24(29)17-7-11-19(12-8-17)28-25(30)27-18-9-5-16(2)6-10-18/h5-15H,4,26H2,1-3H3,(H2,27,28,30). The van der Waals surface area contributed by atoms with Gasteiger partial charge in [0.1, 0.15) is 5.75 Å². The number of amides is 2. The maximum atomic E-state index is 12.3. The van der Waals surface area contributed by atoms with Crippen LogP contribution in [0.1, 0.15) is 12.5 Å². The molecule has 0 aliphatic heterocycles. The molecule has 0 aliphatic rings. The third-order valence-corrected chi connectivity index (χ3v) is 5.35. The van der Waals surface area contributed by atoms with E-state index < -0.39 is 0 Å². The van der Waals surface area contributed by atoms with Gasteiger partial charge < -0.3 is 25.7 Å². The summed E-state index contributed by atoms with van der Waals surface area (Å²) in [4.78, 5) is 12.3. The molecule has 6 heteroatoms. The number of aromatic nitrogens is 1. The number of hydrogen-bond acceptors (Lipinski definition) is 3. The van der Waals surface area contributed by atoms with Crippen LogP contribution in [0.4, 0.5) is 21.9 Å². The van der Waals surface area contributed by atoms with Gasteiger partial charge in [-0.15, -0.1) is 0 Å². The van der Waals surface area contributed by atoms with Crippen molar-refractivity contribution in [2.75, 3.05) is 23.5 Å². The third-order valence-electron chi connectivity index (χ3n) is 5.35. The van der Waals surface area contributed by atoms with Crippen molar-refractivity contribution < 1.29 is 9.53 Å². The third kappa shape index (κ3) is 4.05. The number of fused-ring (bicyclic) bond motifs is 1. The minimum absolute atomic E-state index is 0.286. The summed E-state index contributed by atoms with van der Waals surface area (Å²) in [6.07, 6.45) is 0. The van der Waals surface area contributed by atoms with Gasteiger partial charge >= 0.3 is 6.03 Å². The molecule has 0 aliphatic carbocycles. The first-order valence-electron chi connectivity index (χ1n) is 10.2. The molecule has 0 bridgehead atoms. The number of benzene rings is 3. The Morgan fingerprint density at radius 3 is 2.16 bits per heavy atom. The van der Waals surface area contributed by atoms with Crippen LogP contribution in [-0.4, -0.2) is 17.7 Å². The number of anilines is 3. The molecule has 158 valence electrons. The quantitative estimate of drug-likeness (QED) is 0.382. The Morgan fingerprint density at radius 2 is 1.58 bits per heavy atom. The number of nitrogens with one attached hydrogen (secondary N) is 2. The fourth-order valence-corrected chi connectivity index (χ4v) is 3.76. The van der Waals surface area contributed by atoms with Crippen LogP contribution >= 0.6 is 0 Å². The summed E-state index contributed by atoms with van der Waals surface area (Å²) in [5, 5.41) is 6.70. The van der Waals surface area contributed by atoms with Crippen molar-refractivity contribution in [1.82, 2.24) is 4.57 Å². The summed E-state index contributed by atoms with van der Waals surface area (Å²) >= 11 is 0. The molecule has 3 aromatic carbocycles. The number of ether oxygens (including phenoxy) is 1. The Labute approximate surface area is 181 Å². The second kappa shape index (κ2) is 8.44. The van der Waals surface area contributed by atoms with Crippen LogP contribution < -0.4 is 21.1 Å². The molecule has 31 heavy (non-hydrogen) atoms. The van der Waals surface area contributed by atoms with Gasteiger partial charge in [-0.25, -0.2) is 4.79 Å². The number of nitrogen functional groups attached to an aromatic ring is 1. The van der Waals surface area contributed by atoms with Crippen molar-refractivity contribution in [3.8, 4) is 17.0 Å². The lowest BCUT2D eigenvalue weighted by Crippen LogP contribution is -2.19. The maximum Gasteiger partial charge on any atom is 0.323 e. The number of rotatable bonds is 5. The Kier molecular flexibility index (Phi) is 5.54. The van der Waals surface area contributed by atoms with Crippen molar-refractivity contribution in [1.29, 1.82) is 0 Å². The van der Waals surface area contributed by atoms with E-state index in [9.17, 15) is 4.79 Å². The summed E-state index contributed by atoms with van der Waals surface area (Å²) in [5.74, 6) is 0.797. The summed E-state index contributed by atoms with van der Waals surface area (Å²) in [5.41, 5.74) is 12.8. The molecule has 0 saturated heterocycles. The second-order valence-corrected chi connectivity index (χ2v) is 7.41. The molecular weight excluding hydrogens is 388 g/mol. The van der Waals surface area contributed by atoms with Crippen molar-refractivity contribution in [2.24, 2.45) is 0 Å².